The molecule has 1 heterocycles. The fourth-order valence-electron chi connectivity index (χ4n) is 2.25. The van der Waals surface area contributed by atoms with Crippen molar-refractivity contribution in [2.45, 2.75) is 12.5 Å². The maximum absolute atomic E-state index is 10.6. The van der Waals surface area contributed by atoms with Crippen molar-refractivity contribution in [2.75, 3.05) is 25.1 Å². The number of carboxylic acids is 1. The summed E-state index contributed by atoms with van der Waals surface area (Å²) >= 11 is 5.97. The summed E-state index contributed by atoms with van der Waals surface area (Å²) < 4.78 is 5.34. The Morgan fingerprint density at radius 1 is 1.58 bits per heavy atom. The van der Waals surface area contributed by atoms with E-state index in [1.807, 2.05) is 12.1 Å². The molecule has 1 aromatic carbocycles. The van der Waals surface area contributed by atoms with Crippen molar-refractivity contribution in [3.63, 3.8) is 0 Å². The molecule has 5 heteroatoms. The van der Waals surface area contributed by atoms with Crippen LogP contribution in [0.25, 0.3) is 6.08 Å². The number of ether oxygens (including phenoxy) is 1. The van der Waals surface area contributed by atoms with E-state index in [2.05, 4.69) is 4.90 Å². The Kier molecular flexibility index (Phi) is 4.45. The van der Waals surface area contributed by atoms with Crippen molar-refractivity contribution >= 4 is 29.3 Å². The molecule has 0 radical (unpaired) electrons. The molecular weight excluding hydrogens is 266 g/mol. The number of aliphatic carboxylic acids is 1. The number of hydrogen-bond acceptors (Lipinski definition) is 3. The number of hydrogen-bond donors (Lipinski definition) is 1. The van der Waals surface area contributed by atoms with Crippen LogP contribution >= 0.6 is 11.6 Å². The molecule has 0 bridgehead atoms. The van der Waals surface area contributed by atoms with Gasteiger partial charge in [-0.25, -0.2) is 4.79 Å². The van der Waals surface area contributed by atoms with Crippen LogP contribution in [0.3, 0.4) is 0 Å². The Bertz CT molecular complexity index is 501. The zero-order chi connectivity index (χ0) is 13.8. The van der Waals surface area contributed by atoms with E-state index < -0.39 is 5.97 Å². The number of anilines is 1. The third kappa shape index (κ3) is 3.49. The van der Waals surface area contributed by atoms with Gasteiger partial charge in [-0.1, -0.05) is 11.6 Å². The molecular formula is C14H16ClNO3. The number of rotatable bonds is 4. The number of nitrogens with zero attached hydrogens (tertiary/aromatic N) is 1. The minimum Gasteiger partial charge on any atom is -0.478 e. The zero-order valence-corrected chi connectivity index (χ0v) is 11.4. The molecule has 2 rings (SSSR count). The summed E-state index contributed by atoms with van der Waals surface area (Å²) in [5, 5.41) is 9.32. The van der Waals surface area contributed by atoms with Crippen molar-refractivity contribution in [1.82, 2.24) is 0 Å². The van der Waals surface area contributed by atoms with E-state index in [9.17, 15) is 4.79 Å². The van der Waals surface area contributed by atoms with Gasteiger partial charge in [-0.05, 0) is 36.3 Å². The Morgan fingerprint density at radius 2 is 2.37 bits per heavy atom. The van der Waals surface area contributed by atoms with Gasteiger partial charge in [0.05, 0.1) is 6.10 Å². The maximum Gasteiger partial charge on any atom is 0.328 e. The zero-order valence-electron chi connectivity index (χ0n) is 10.7. The van der Waals surface area contributed by atoms with Gasteiger partial charge in [0.15, 0.2) is 0 Å². The highest BCUT2D eigenvalue weighted by Gasteiger charge is 2.23. The summed E-state index contributed by atoms with van der Waals surface area (Å²) in [4.78, 5) is 12.8. The van der Waals surface area contributed by atoms with Gasteiger partial charge in [-0.15, -0.1) is 0 Å². The topological polar surface area (TPSA) is 49.8 Å². The van der Waals surface area contributed by atoms with Crippen molar-refractivity contribution in [1.29, 1.82) is 0 Å². The molecule has 0 aromatic heterocycles. The maximum atomic E-state index is 10.6. The lowest BCUT2D eigenvalue weighted by molar-refractivity contribution is -0.131. The van der Waals surface area contributed by atoms with Gasteiger partial charge in [0.1, 0.15) is 0 Å². The summed E-state index contributed by atoms with van der Waals surface area (Å²) in [6.07, 6.45) is 3.90. The first-order valence-corrected chi connectivity index (χ1v) is 6.46. The van der Waals surface area contributed by atoms with E-state index in [4.69, 9.17) is 21.4 Å². The number of benzene rings is 1. The molecule has 0 saturated carbocycles. The van der Waals surface area contributed by atoms with Gasteiger partial charge in [-0.3, -0.25) is 0 Å². The Labute approximate surface area is 117 Å². The summed E-state index contributed by atoms with van der Waals surface area (Å²) in [7, 11) is 1.71. The molecule has 1 aliphatic heterocycles. The molecule has 1 unspecified atom stereocenters. The average Bonchev–Trinajstić information content (AvgIpc) is 2.85. The van der Waals surface area contributed by atoms with Crippen molar-refractivity contribution < 1.29 is 14.6 Å². The molecule has 0 spiro atoms. The highest BCUT2D eigenvalue weighted by atomic mass is 35.5. The molecule has 0 aliphatic carbocycles. The van der Waals surface area contributed by atoms with Crippen LogP contribution in [0.15, 0.2) is 24.3 Å². The Hall–Kier alpha value is -1.52. The monoisotopic (exact) mass is 281 g/mol. The van der Waals surface area contributed by atoms with Crippen LogP contribution in [0.2, 0.25) is 5.02 Å². The van der Waals surface area contributed by atoms with Gasteiger partial charge in [-0.2, -0.15) is 0 Å². The van der Waals surface area contributed by atoms with Gasteiger partial charge in [0.2, 0.25) is 0 Å². The van der Waals surface area contributed by atoms with Gasteiger partial charge in [0.25, 0.3) is 0 Å². The van der Waals surface area contributed by atoms with Crippen LogP contribution in [0.1, 0.15) is 12.0 Å². The number of carboxylic acid groups (broad SMARTS) is 1. The Balaban J connectivity index is 2.27. The highest BCUT2D eigenvalue weighted by molar-refractivity contribution is 6.30. The van der Waals surface area contributed by atoms with Crippen LogP contribution < -0.4 is 4.90 Å². The molecule has 1 aromatic rings. The smallest absolute Gasteiger partial charge is 0.328 e. The van der Waals surface area contributed by atoms with Gasteiger partial charge >= 0.3 is 5.97 Å². The summed E-state index contributed by atoms with van der Waals surface area (Å²) in [6, 6.07) is 5.51. The molecule has 1 fully saturated rings. The van der Waals surface area contributed by atoms with E-state index in [0.717, 1.165) is 36.8 Å². The van der Waals surface area contributed by atoms with E-state index in [0.29, 0.717) is 5.02 Å². The standard InChI is InChI=1S/C14H16ClNO3/c1-19-12-6-7-16(9-12)13-4-3-11(15)8-10(13)2-5-14(17)18/h2-5,8,12H,6-7,9H2,1H3,(H,17,18)/b5-2+. The molecule has 19 heavy (non-hydrogen) atoms. The number of carbonyl (C=O) groups is 1. The van der Waals surface area contributed by atoms with E-state index in [1.54, 1.807) is 19.3 Å². The van der Waals surface area contributed by atoms with Crippen LogP contribution in [-0.4, -0.2) is 37.4 Å². The first-order valence-electron chi connectivity index (χ1n) is 6.08. The van der Waals surface area contributed by atoms with Crippen molar-refractivity contribution in [3.8, 4) is 0 Å². The second-order valence-electron chi connectivity index (χ2n) is 4.47. The quantitative estimate of drug-likeness (QED) is 0.862. The molecule has 1 N–H and O–H groups in total. The van der Waals surface area contributed by atoms with Crippen LogP contribution in [0, 0.1) is 0 Å². The molecule has 1 saturated heterocycles. The van der Waals surface area contributed by atoms with Crippen LogP contribution in [0.5, 0.6) is 0 Å². The van der Waals surface area contributed by atoms with Crippen LogP contribution in [0.4, 0.5) is 5.69 Å². The third-order valence-electron chi connectivity index (χ3n) is 3.21. The lowest BCUT2D eigenvalue weighted by Gasteiger charge is -2.21. The minimum atomic E-state index is -0.970. The largest absolute Gasteiger partial charge is 0.478 e. The molecule has 4 nitrogen and oxygen atoms in total. The van der Waals surface area contributed by atoms with Gasteiger partial charge < -0.3 is 14.7 Å². The lowest BCUT2D eigenvalue weighted by atomic mass is 10.1. The minimum absolute atomic E-state index is 0.229. The number of methoxy groups -OCH3 is 1. The predicted molar refractivity (Wildman–Crippen MR) is 75.7 cm³/mol. The predicted octanol–water partition coefficient (Wildman–Crippen LogP) is 2.66. The highest BCUT2D eigenvalue weighted by Crippen LogP contribution is 2.29. The van der Waals surface area contributed by atoms with Crippen LogP contribution in [-0.2, 0) is 9.53 Å². The summed E-state index contributed by atoms with van der Waals surface area (Å²) in [6.45, 7) is 1.71. The molecule has 102 valence electrons. The average molecular weight is 282 g/mol. The summed E-state index contributed by atoms with van der Waals surface area (Å²) in [5.74, 6) is -0.970. The summed E-state index contributed by atoms with van der Waals surface area (Å²) in [5.41, 5.74) is 1.80. The van der Waals surface area contributed by atoms with Crippen molar-refractivity contribution in [3.05, 3.63) is 34.9 Å². The molecule has 1 aliphatic rings. The SMILES string of the molecule is COC1CCN(c2ccc(Cl)cc2/C=C/C(=O)O)C1. The first-order chi connectivity index (χ1) is 9.10. The normalized spacial score (nSPS) is 19.3. The van der Waals surface area contributed by atoms with Crippen molar-refractivity contribution in [2.24, 2.45) is 0 Å². The second-order valence-corrected chi connectivity index (χ2v) is 4.90. The first kappa shape index (κ1) is 13.9. The van der Waals surface area contributed by atoms with Gasteiger partial charge in [0, 0.05) is 37.0 Å². The Morgan fingerprint density at radius 3 is 3.00 bits per heavy atom. The second kappa shape index (κ2) is 6.08. The molecule has 0 amide bonds. The number of halogens is 1. The third-order valence-corrected chi connectivity index (χ3v) is 3.45. The fraction of sp³-hybridized carbons (Fsp3) is 0.357. The van der Waals surface area contributed by atoms with E-state index in [-0.39, 0.29) is 6.10 Å². The lowest BCUT2D eigenvalue weighted by Crippen LogP contribution is -2.22. The van der Waals surface area contributed by atoms with E-state index >= 15 is 0 Å². The fourth-order valence-corrected chi connectivity index (χ4v) is 2.43. The van der Waals surface area contributed by atoms with E-state index in [1.165, 1.54) is 0 Å². The molecule has 1 atom stereocenters.